The van der Waals surface area contributed by atoms with Gasteiger partial charge in [0.25, 0.3) is 5.91 Å². The number of piperidine rings is 1. The van der Waals surface area contributed by atoms with Crippen molar-refractivity contribution in [1.29, 1.82) is 0 Å². The van der Waals surface area contributed by atoms with E-state index in [1.54, 1.807) is 35.2 Å². The summed E-state index contributed by atoms with van der Waals surface area (Å²) < 4.78 is 62.3. The van der Waals surface area contributed by atoms with Crippen LogP contribution < -0.4 is 15.5 Å². The Morgan fingerprint density at radius 3 is 2.31 bits per heavy atom. The predicted octanol–water partition coefficient (Wildman–Crippen LogP) is 7.25. The number of allylic oxidation sites excluding steroid dienone is 2. The number of benzene rings is 2. The molecule has 2 saturated heterocycles. The molecule has 0 bridgehead atoms. The van der Waals surface area contributed by atoms with E-state index in [0.717, 1.165) is 12.8 Å². The number of urea groups is 1. The third-order valence-corrected chi connectivity index (χ3v) is 9.15. The molecule has 2 aromatic carbocycles. The first-order valence-electron chi connectivity index (χ1n) is 16.4. The second-order valence-corrected chi connectivity index (χ2v) is 12.4. The highest BCUT2D eigenvalue weighted by Crippen LogP contribution is 2.37. The third-order valence-electron chi connectivity index (χ3n) is 9.15. The van der Waals surface area contributed by atoms with Gasteiger partial charge in [-0.25, -0.2) is 14.2 Å². The van der Waals surface area contributed by atoms with Gasteiger partial charge in [0.1, 0.15) is 11.6 Å². The van der Waals surface area contributed by atoms with E-state index < -0.39 is 35.3 Å². The summed E-state index contributed by atoms with van der Waals surface area (Å²) in [4.78, 5) is 36.1. The molecular formula is C36H38F4N6O3. The van der Waals surface area contributed by atoms with E-state index >= 15 is 0 Å². The van der Waals surface area contributed by atoms with Crippen LogP contribution in [-0.4, -0.2) is 71.7 Å². The molecule has 6 rings (SSSR count). The van der Waals surface area contributed by atoms with Crippen molar-refractivity contribution in [2.24, 2.45) is 0 Å². The minimum atomic E-state index is -4.75. The molecule has 2 N–H and O–H groups in total. The highest BCUT2D eigenvalue weighted by molar-refractivity contribution is 6.03. The van der Waals surface area contributed by atoms with Crippen LogP contribution in [0.4, 0.5) is 39.5 Å². The zero-order valence-electron chi connectivity index (χ0n) is 27.0. The minimum Gasteiger partial charge on any atom is -0.435 e. The van der Waals surface area contributed by atoms with Crippen molar-refractivity contribution >= 4 is 29.1 Å². The molecule has 49 heavy (non-hydrogen) atoms. The van der Waals surface area contributed by atoms with Crippen molar-refractivity contribution in [3.8, 4) is 0 Å². The Morgan fingerprint density at radius 1 is 0.898 bits per heavy atom. The fourth-order valence-corrected chi connectivity index (χ4v) is 6.52. The minimum absolute atomic E-state index is 0.0896. The molecule has 13 heteroatoms. The van der Waals surface area contributed by atoms with E-state index in [1.165, 1.54) is 23.9 Å². The summed E-state index contributed by atoms with van der Waals surface area (Å²) in [7, 11) is 0. The van der Waals surface area contributed by atoms with E-state index in [9.17, 15) is 27.2 Å². The quantitative estimate of drug-likeness (QED) is 0.267. The standard InChI is InChI=1S/C36H38F4N6O3/c1-24-23-45(20-21-46(24)35(48)43-30-12-6-5-11-29(30)37)31-15-14-27(22-41-31)42-34(47)33-28(36(38,39)40)10-7-13-32(49-33)44-18-16-26(17-19-44)25-8-3-2-4-9-25/h2-6,8-9,11-15,22,24,26H,7,10,16-21,23H2,1H3,(H,42,47)(H,43,48)/t24-/m1/s1. The molecule has 3 aliphatic rings. The second kappa shape index (κ2) is 14.6. The molecule has 9 nitrogen and oxygen atoms in total. The average Bonchev–Trinajstić information content (AvgIpc) is 3.34. The lowest BCUT2D eigenvalue weighted by Gasteiger charge is -2.40. The van der Waals surface area contributed by atoms with Crippen LogP contribution in [-0.2, 0) is 9.53 Å². The number of rotatable bonds is 6. The number of amides is 3. The Kier molecular flexibility index (Phi) is 10.1. The Hall–Kier alpha value is -5.07. The van der Waals surface area contributed by atoms with Gasteiger partial charge in [-0.15, -0.1) is 0 Å². The maximum atomic E-state index is 14.2. The molecular weight excluding hydrogens is 640 g/mol. The van der Waals surface area contributed by atoms with Gasteiger partial charge in [-0.05, 0) is 74.4 Å². The predicted molar refractivity (Wildman–Crippen MR) is 178 cm³/mol. The van der Waals surface area contributed by atoms with Gasteiger partial charge in [0.05, 0.1) is 23.1 Å². The van der Waals surface area contributed by atoms with Crippen molar-refractivity contribution in [1.82, 2.24) is 14.8 Å². The van der Waals surface area contributed by atoms with Gasteiger partial charge in [0, 0.05) is 38.8 Å². The monoisotopic (exact) mass is 678 g/mol. The highest BCUT2D eigenvalue weighted by Gasteiger charge is 2.41. The van der Waals surface area contributed by atoms with Crippen molar-refractivity contribution in [2.75, 3.05) is 48.3 Å². The molecule has 2 fully saturated rings. The number of carbonyl (C=O) groups is 2. The lowest BCUT2D eigenvalue weighted by atomic mass is 9.89. The average molecular weight is 679 g/mol. The maximum absolute atomic E-state index is 14.2. The molecule has 0 aliphatic carbocycles. The molecule has 3 aromatic rings. The smallest absolute Gasteiger partial charge is 0.416 e. The van der Waals surface area contributed by atoms with Crippen LogP contribution in [0, 0.1) is 5.82 Å². The van der Waals surface area contributed by atoms with Crippen molar-refractivity contribution in [3.05, 3.63) is 108 Å². The number of nitrogens with one attached hydrogen (secondary N) is 2. The fourth-order valence-electron chi connectivity index (χ4n) is 6.52. The van der Waals surface area contributed by atoms with Crippen LogP contribution in [0.3, 0.4) is 0 Å². The van der Waals surface area contributed by atoms with E-state index in [-0.39, 0.29) is 36.1 Å². The molecule has 258 valence electrons. The maximum Gasteiger partial charge on any atom is 0.416 e. The van der Waals surface area contributed by atoms with E-state index in [4.69, 9.17) is 4.74 Å². The Bertz CT molecular complexity index is 1710. The first-order valence-corrected chi connectivity index (χ1v) is 16.4. The summed E-state index contributed by atoms with van der Waals surface area (Å²) in [5.41, 5.74) is 0.536. The first-order chi connectivity index (χ1) is 23.6. The number of hydrogen-bond donors (Lipinski definition) is 2. The number of pyridine rings is 1. The van der Waals surface area contributed by atoms with Gasteiger partial charge in [-0.3, -0.25) is 4.79 Å². The van der Waals surface area contributed by atoms with Crippen LogP contribution in [0.2, 0.25) is 0 Å². The second-order valence-electron chi connectivity index (χ2n) is 12.4. The van der Waals surface area contributed by atoms with Crippen molar-refractivity contribution in [3.63, 3.8) is 0 Å². The van der Waals surface area contributed by atoms with Gasteiger partial charge in [0.2, 0.25) is 5.76 Å². The van der Waals surface area contributed by atoms with Gasteiger partial charge in [-0.2, -0.15) is 13.2 Å². The molecule has 3 aliphatic heterocycles. The summed E-state index contributed by atoms with van der Waals surface area (Å²) in [6.07, 6.45) is -0.393. The molecule has 3 amide bonds. The lowest BCUT2D eigenvalue weighted by molar-refractivity contribution is -0.119. The molecule has 1 aromatic heterocycles. The van der Waals surface area contributed by atoms with Gasteiger partial charge in [0.15, 0.2) is 5.88 Å². The van der Waals surface area contributed by atoms with Crippen molar-refractivity contribution in [2.45, 2.75) is 50.7 Å². The number of aromatic nitrogens is 1. The Morgan fingerprint density at radius 2 is 1.63 bits per heavy atom. The molecule has 0 unspecified atom stereocenters. The summed E-state index contributed by atoms with van der Waals surface area (Å²) in [6.45, 7) is 4.30. The molecule has 0 radical (unpaired) electrons. The third kappa shape index (κ3) is 7.98. The number of likely N-dealkylation sites (tertiary alicyclic amines) is 1. The SMILES string of the molecule is C[C@@H]1CN(c2ccc(NC(=O)C3=C(C(F)(F)F)CCC=C(N4CCC(c5ccccc5)CC4)O3)cn2)CCN1C(=O)Nc1ccccc1F. The summed E-state index contributed by atoms with van der Waals surface area (Å²) >= 11 is 0. The number of anilines is 3. The molecule has 1 atom stereocenters. The van der Waals surface area contributed by atoms with Crippen LogP contribution in [0.1, 0.15) is 44.1 Å². The molecule has 4 heterocycles. The molecule has 0 spiro atoms. The Balaban J connectivity index is 1.08. The van der Waals surface area contributed by atoms with Crippen LogP contribution >= 0.6 is 0 Å². The highest BCUT2D eigenvalue weighted by atomic mass is 19.4. The topological polar surface area (TPSA) is 90.0 Å². The number of alkyl halides is 3. The van der Waals surface area contributed by atoms with E-state index in [2.05, 4.69) is 27.8 Å². The number of piperazine rings is 1. The number of hydrogen-bond acceptors (Lipinski definition) is 6. The first kappa shape index (κ1) is 33.8. The van der Waals surface area contributed by atoms with Gasteiger partial charge >= 0.3 is 12.2 Å². The number of carbonyl (C=O) groups excluding carboxylic acids is 2. The van der Waals surface area contributed by atoms with E-state index in [0.29, 0.717) is 44.5 Å². The zero-order chi connectivity index (χ0) is 34.5. The largest absolute Gasteiger partial charge is 0.435 e. The number of para-hydroxylation sites is 1. The number of halogens is 4. The van der Waals surface area contributed by atoms with Crippen LogP contribution in [0.5, 0.6) is 0 Å². The summed E-state index contributed by atoms with van der Waals surface area (Å²) in [5.74, 6) is -1.10. The number of nitrogens with zero attached hydrogens (tertiary/aromatic N) is 4. The lowest BCUT2D eigenvalue weighted by Crippen LogP contribution is -2.55. The van der Waals surface area contributed by atoms with Crippen molar-refractivity contribution < 1.29 is 31.9 Å². The summed E-state index contributed by atoms with van der Waals surface area (Å²) in [6, 6.07) is 18.7. The number of ether oxygens (including phenoxy) is 1. The molecule has 0 saturated carbocycles. The summed E-state index contributed by atoms with van der Waals surface area (Å²) in [5, 5.41) is 5.15. The van der Waals surface area contributed by atoms with Crippen LogP contribution in [0.15, 0.2) is 96.2 Å². The normalized spacial score (nSPS) is 19.2. The zero-order valence-corrected chi connectivity index (χ0v) is 27.0. The Labute approximate surface area is 282 Å². The van der Waals surface area contributed by atoms with Gasteiger partial charge < -0.3 is 30.1 Å². The van der Waals surface area contributed by atoms with Crippen LogP contribution in [0.25, 0.3) is 0 Å². The fraction of sp³-hybridized carbons (Fsp3) is 0.361. The van der Waals surface area contributed by atoms with Gasteiger partial charge in [-0.1, -0.05) is 42.5 Å². The van der Waals surface area contributed by atoms with E-state index in [1.807, 2.05) is 34.9 Å².